The molecular formula is C11H23BrN+. The average Bonchev–Trinajstić information content (AvgIpc) is 2.53. The highest BCUT2D eigenvalue weighted by Crippen LogP contribution is 2.17. The molecule has 0 unspecified atom stereocenters. The lowest BCUT2D eigenvalue weighted by Crippen LogP contribution is -2.41. The molecule has 0 aromatic heterocycles. The van der Waals surface area contributed by atoms with Crippen molar-refractivity contribution in [2.24, 2.45) is 0 Å². The molecule has 13 heavy (non-hydrogen) atoms. The number of quaternary nitrogens is 1. The Morgan fingerprint density at radius 2 is 1.62 bits per heavy atom. The van der Waals surface area contributed by atoms with Crippen molar-refractivity contribution in [1.29, 1.82) is 0 Å². The molecule has 78 valence electrons. The Labute approximate surface area is 91.2 Å². The van der Waals surface area contributed by atoms with Crippen LogP contribution >= 0.6 is 15.9 Å². The normalized spacial score (nSPS) is 20.8. The molecule has 1 aliphatic heterocycles. The Balaban J connectivity index is 1.98. The van der Waals surface area contributed by atoms with E-state index in [4.69, 9.17) is 0 Å². The van der Waals surface area contributed by atoms with E-state index < -0.39 is 0 Å². The molecule has 1 fully saturated rings. The Kier molecular flexibility index (Phi) is 5.34. The van der Waals surface area contributed by atoms with Crippen LogP contribution in [0.2, 0.25) is 0 Å². The Bertz CT molecular complexity index is 130. The van der Waals surface area contributed by atoms with E-state index in [2.05, 4.69) is 23.0 Å². The molecule has 0 saturated carbocycles. The van der Waals surface area contributed by atoms with Crippen LogP contribution in [0.15, 0.2) is 0 Å². The smallest absolute Gasteiger partial charge is 0.0786 e. The van der Waals surface area contributed by atoms with Gasteiger partial charge in [-0.3, -0.25) is 0 Å². The Hall–Kier alpha value is 0.440. The van der Waals surface area contributed by atoms with Crippen LogP contribution in [0.25, 0.3) is 0 Å². The van der Waals surface area contributed by atoms with E-state index >= 15 is 0 Å². The van der Waals surface area contributed by atoms with Crippen molar-refractivity contribution in [3.05, 3.63) is 0 Å². The molecule has 0 aromatic carbocycles. The second-order valence-electron chi connectivity index (χ2n) is 4.60. The molecule has 0 radical (unpaired) electrons. The lowest BCUT2D eigenvalue weighted by Gasteiger charge is -2.29. The van der Waals surface area contributed by atoms with Gasteiger partial charge in [-0.05, 0) is 19.3 Å². The summed E-state index contributed by atoms with van der Waals surface area (Å²) in [6, 6.07) is 0. The minimum absolute atomic E-state index is 1.18. The van der Waals surface area contributed by atoms with Crippen LogP contribution in [0.3, 0.4) is 0 Å². The summed E-state index contributed by atoms with van der Waals surface area (Å²) in [6.45, 7) is 4.28. The Morgan fingerprint density at radius 1 is 1.00 bits per heavy atom. The number of hydrogen-bond donors (Lipinski definition) is 0. The maximum atomic E-state index is 3.47. The summed E-state index contributed by atoms with van der Waals surface area (Å²) in [5.41, 5.74) is 0. The van der Waals surface area contributed by atoms with Gasteiger partial charge in [0.25, 0.3) is 0 Å². The predicted octanol–water partition coefficient (Wildman–Crippen LogP) is 3.18. The van der Waals surface area contributed by atoms with E-state index in [-0.39, 0.29) is 0 Å². The number of likely N-dealkylation sites (tertiary alicyclic amines) is 1. The lowest BCUT2D eigenvalue weighted by molar-refractivity contribution is -0.897. The third-order valence-corrected chi connectivity index (χ3v) is 3.79. The summed E-state index contributed by atoms with van der Waals surface area (Å²) in [6.07, 6.45) is 8.54. The molecule has 0 aliphatic carbocycles. The van der Waals surface area contributed by atoms with E-state index in [1.807, 2.05) is 0 Å². The molecule has 1 aliphatic rings. The van der Waals surface area contributed by atoms with Crippen LogP contribution in [0.4, 0.5) is 0 Å². The SMILES string of the molecule is C[N+]1(CCCCCCBr)CCCC1. The van der Waals surface area contributed by atoms with Gasteiger partial charge in [-0.15, -0.1) is 0 Å². The van der Waals surface area contributed by atoms with Crippen molar-refractivity contribution < 1.29 is 4.48 Å². The first-order valence-electron chi connectivity index (χ1n) is 5.66. The lowest BCUT2D eigenvalue weighted by atomic mass is 10.2. The highest BCUT2D eigenvalue weighted by Gasteiger charge is 2.25. The molecule has 1 rings (SSSR count). The average molecular weight is 249 g/mol. The molecule has 1 heterocycles. The van der Waals surface area contributed by atoms with E-state index in [0.29, 0.717) is 0 Å². The summed E-state index contributed by atoms with van der Waals surface area (Å²) in [4.78, 5) is 0. The number of halogens is 1. The quantitative estimate of drug-likeness (QED) is 0.385. The fourth-order valence-electron chi connectivity index (χ4n) is 2.26. The third-order valence-electron chi connectivity index (χ3n) is 3.23. The highest BCUT2D eigenvalue weighted by molar-refractivity contribution is 9.09. The molecule has 1 nitrogen and oxygen atoms in total. The van der Waals surface area contributed by atoms with Gasteiger partial charge in [0.05, 0.1) is 26.7 Å². The largest absolute Gasteiger partial charge is 0.326 e. The molecular weight excluding hydrogens is 226 g/mol. The topological polar surface area (TPSA) is 0 Å². The van der Waals surface area contributed by atoms with E-state index in [1.54, 1.807) is 0 Å². The zero-order chi connectivity index (χ0) is 9.57. The molecule has 0 amide bonds. The van der Waals surface area contributed by atoms with Crippen molar-refractivity contribution in [2.75, 3.05) is 32.0 Å². The van der Waals surface area contributed by atoms with Crippen LogP contribution < -0.4 is 0 Å². The second kappa shape index (κ2) is 6.02. The van der Waals surface area contributed by atoms with Crippen LogP contribution in [-0.2, 0) is 0 Å². The number of nitrogens with zero attached hydrogens (tertiary/aromatic N) is 1. The van der Waals surface area contributed by atoms with Gasteiger partial charge in [0.2, 0.25) is 0 Å². The number of alkyl halides is 1. The summed E-state index contributed by atoms with van der Waals surface area (Å²) >= 11 is 3.47. The van der Waals surface area contributed by atoms with Crippen molar-refractivity contribution >= 4 is 15.9 Å². The Morgan fingerprint density at radius 3 is 2.23 bits per heavy atom. The summed E-state index contributed by atoms with van der Waals surface area (Å²) < 4.78 is 1.36. The van der Waals surface area contributed by atoms with Crippen LogP contribution in [0, 0.1) is 0 Å². The molecule has 0 atom stereocenters. The van der Waals surface area contributed by atoms with Gasteiger partial charge in [-0.2, -0.15) is 0 Å². The first-order chi connectivity index (χ1) is 6.27. The summed E-state index contributed by atoms with van der Waals surface area (Å²) in [7, 11) is 2.43. The molecule has 0 bridgehead atoms. The van der Waals surface area contributed by atoms with Gasteiger partial charge in [0.15, 0.2) is 0 Å². The standard InChI is InChI=1S/C11H23BrN/c1-13(10-6-7-11-13)9-5-3-2-4-8-12/h2-11H2,1H3/q+1. The minimum atomic E-state index is 1.18. The van der Waals surface area contributed by atoms with Gasteiger partial charge in [0.1, 0.15) is 0 Å². The van der Waals surface area contributed by atoms with E-state index in [9.17, 15) is 0 Å². The zero-order valence-corrected chi connectivity index (χ0v) is 10.5. The summed E-state index contributed by atoms with van der Waals surface area (Å²) in [5.74, 6) is 0. The predicted molar refractivity (Wildman–Crippen MR) is 62.3 cm³/mol. The van der Waals surface area contributed by atoms with Gasteiger partial charge in [0, 0.05) is 18.2 Å². The number of hydrogen-bond acceptors (Lipinski definition) is 0. The molecule has 0 aromatic rings. The molecule has 0 spiro atoms. The van der Waals surface area contributed by atoms with Crippen molar-refractivity contribution in [1.82, 2.24) is 0 Å². The first-order valence-corrected chi connectivity index (χ1v) is 6.78. The third kappa shape index (κ3) is 4.46. The highest BCUT2D eigenvalue weighted by atomic mass is 79.9. The van der Waals surface area contributed by atoms with Gasteiger partial charge < -0.3 is 4.48 Å². The second-order valence-corrected chi connectivity index (χ2v) is 5.39. The number of unbranched alkanes of at least 4 members (excludes halogenated alkanes) is 3. The zero-order valence-electron chi connectivity index (χ0n) is 8.90. The molecule has 0 N–H and O–H groups in total. The summed E-state index contributed by atoms with van der Waals surface area (Å²) in [5, 5.41) is 1.18. The van der Waals surface area contributed by atoms with Gasteiger partial charge >= 0.3 is 0 Å². The van der Waals surface area contributed by atoms with Gasteiger partial charge in [-0.25, -0.2) is 0 Å². The van der Waals surface area contributed by atoms with E-state index in [0.717, 1.165) is 0 Å². The van der Waals surface area contributed by atoms with Crippen molar-refractivity contribution in [3.8, 4) is 0 Å². The van der Waals surface area contributed by atoms with Crippen molar-refractivity contribution in [3.63, 3.8) is 0 Å². The number of rotatable bonds is 6. The fraction of sp³-hybridized carbons (Fsp3) is 1.00. The van der Waals surface area contributed by atoms with Gasteiger partial charge in [-0.1, -0.05) is 22.4 Å². The molecule has 2 heteroatoms. The maximum absolute atomic E-state index is 3.47. The molecule has 1 saturated heterocycles. The van der Waals surface area contributed by atoms with Crippen molar-refractivity contribution in [2.45, 2.75) is 38.5 Å². The monoisotopic (exact) mass is 248 g/mol. The van der Waals surface area contributed by atoms with Crippen LogP contribution in [0.5, 0.6) is 0 Å². The van der Waals surface area contributed by atoms with Crippen LogP contribution in [0.1, 0.15) is 38.5 Å². The minimum Gasteiger partial charge on any atom is -0.326 e. The fourth-order valence-corrected chi connectivity index (χ4v) is 2.66. The maximum Gasteiger partial charge on any atom is 0.0786 e. The first kappa shape index (κ1) is 11.5. The van der Waals surface area contributed by atoms with Crippen LogP contribution in [-0.4, -0.2) is 36.5 Å². The van der Waals surface area contributed by atoms with E-state index in [1.165, 1.54) is 68.0 Å².